The summed E-state index contributed by atoms with van der Waals surface area (Å²) in [5.41, 5.74) is 1.84. The van der Waals surface area contributed by atoms with Crippen LogP contribution in [-0.2, 0) is 24.7 Å². The standard InChI is InChI=1S/C27H27O6S/c1-30-24-12-8-22(9-13-24)27(21-6-4-3-5-7-21,23-10-14-25(31-2)15-11-23)33-18-17-32-20-26(29)34-19-16-28/h3-15H,17-20H2,1-2H3. The molecule has 0 bridgehead atoms. The molecule has 3 aromatic carbocycles. The van der Waals surface area contributed by atoms with E-state index >= 15 is 0 Å². The fourth-order valence-corrected chi connectivity index (χ4v) is 4.02. The Morgan fingerprint density at radius 1 is 0.794 bits per heavy atom. The number of benzene rings is 3. The Bertz CT molecular complexity index is 987. The number of rotatable bonds is 13. The smallest absolute Gasteiger partial charge is 0.215 e. The van der Waals surface area contributed by atoms with Gasteiger partial charge in [0.25, 0.3) is 0 Å². The topological polar surface area (TPSA) is 71.1 Å². The predicted octanol–water partition coefficient (Wildman–Crippen LogP) is 4.40. The van der Waals surface area contributed by atoms with Gasteiger partial charge in [0, 0.05) is 0 Å². The highest BCUT2D eigenvalue weighted by Gasteiger charge is 2.37. The summed E-state index contributed by atoms with van der Waals surface area (Å²) in [4.78, 5) is 22.0. The number of carbonyl (C=O) groups is 1. The van der Waals surface area contributed by atoms with E-state index in [0.29, 0.717) is 0 Å². The van der Waals surface area contributed by atoms with Crippen LogP contribution in [0.25, 0.3) is 0 Å². The summed E-state index contributed by atoms with van der Waals surface area (Å²) >= 11 is 0.885. The van der Waals surface area contributed by atoms with E-state index in [1.807, 2.05) is 78.9 Å². The van der Waals surface area contributed by atoms with Crippen LogP contribution >= 0.6 is 11.8 Å². The van der Waals surface area contributed by atoms with Gasteiger partial charge in [-0.3, -0.25) is 9.59 Å². The van der Waals surface area contributed by atoms with Crippen LogP contribution in [0, 0.1) is 0 Å². The van der Waals surface area contributed by atoms with Crippen molar-refractivity contribution < 1.29 is 28.5 Å². The molecule has 3 rings (SSSR count). The molecule has 0 amide bonds. The van der Waals surface area contributed by atoms with Crippen molar-refractivity contribution in [2.24, 2.45) is 0 Å². The fraction of sp³-hybridized carbons (Fsp3) is 0.259. The van der Waals surface area contributed by atoms with Crippen LogP contribution in [0.3, 0.4) is 0 Å². The molecule has 6 nitrogen and oxygen atoms in total. The molecule has 0 N–H and O–H groups in total. The Kier molecular flexibility index (Phi) is 9.70. The van der Waals surface area contributed by atoms with Gasteiger partial charge >= 0.3 is 0 Å². The Morgan fingerprint density at radius 2 is 1.32 bits per heavy atom. The van der Waals surface area contributed by atoms with E-state index in [-0.39, 0.29) is 30.7 Å². The van der Waals surface area contributed by atoms with Crippen molar-refractivity contribution in [1.82, 2.24) is 0 Å². The van der Waals surface area contributed by atoms with Gasteiger partial charge in [-0.2, -0.15) is 0 Å². The first kappa shape index (κ1) is 25.5. The van der Waals surface area contributed by atoms with Crippen molar-refractivity contribution in [3.63, 3.8) is 0 Å². The molecule has 7 heteroatoms. The summed E-state index contributed by atoms with van der Waals surface area (Å²) in [6.07, 6.45) is 1.68. The molecule has 0 aliphatic heterocycles. The molecule has 34 heavy (non-hydrogen) atoms. The van der Waals surface area contributed by atoms with Gasteiger partial charge in [0.05, 0.1) is 33.2 Å². The molecule has 0 aliphatic rings. The van der Waals surface area contributed by atoms with Gasteiger partial charge in [-0.05, 0) is 41.0 Å². The second kappa shape index (κ2) is 12.9. The third-order valence-electron chi connectivity index (χ3n) is 5.23. The van der Waals surface area contributed by atoms with E-state index in [9.17, 15) is 9.59 Å². The molecule has 0 aliphatic carbocycles. The minimum absolute atomic E-state index is 0.00471. The van der Waals surface area contributed by atoms with Crippen LogP contribution in [0.2, 0.25) is 0 Å². The predicted molar refractivity (Wildman–Crippen MR) is 132 cm³/mol. The Morgan fingerprint density at radius 3 is 1.82 bits per heavy atom. The first-order valence-electron chi connectivity index (χ1n) is 10.7. The Hall–Kier alpha value is -3.13. The van der Waals surface area contributed by atoms with E-state index in [2.05, 4.69) is 0 Å². The second-order valence-electron chi connectivity index (χ2n) is 7.21. The quantitative estimate of drug-likeness (QED) is 0.266. The van der Waals surface area contributed by atoms with E-state index in [0.717, 1.165) is 40.0 Å². The van der Waals surface area contributed by atoms with Gasteiger partial charge < -0.3 is 18.9 Å². The van der Waals surface area contributed by atoms with E-state index < -0.39 is 5.60 Å². The maximum atomic E-state index is 11.7. The normalized spacial score (nSPS) is 11.1. The van der Waals surface area contributed by atoms with Crippen molar-refractivity contribution >= 4 is 23.2 Å². The maximum absolute atomic E-state index is 11.7. The molecule has 0 atom stereocenters. The lowest BCUT2D eigenvalue weighted by Crippen LogP contribution is -2.34. The monoisotopic (exact) mass is 479 g/mol. The minimum Gasteiger partial charge on any atom is -0.497 e. The van der Waals surface area contributed by atoms with E-state index in [4.69, 9.17) is 18.9 Å². The molecule has 1 radical (unpaired) electrons. The van der Waals surface area contributed by atoms with Crippen LogP contribution in [-0.4, -0.2) is 51.2 Å². The molecule has 3 aromatic rings. The van der Waals surface area contributed by atoms with Crippen molar-refractivity contribution in [2.45, 2.75) is 5.60 Å². The summed E-state index contributed by atoms with van der Waals surface area (Å²) < 4.78 is 22.8. The van der Waals surface area contributed by atoms with Crippen LogP contribution in [0.15, 0.2) is 78.9 Å². The van der Waals surface area contributed by atoms with Crippen LogP contribution < -0.4 is 9.47 Å². The number of carbonyl (C=O) groups excluding carboxylic acids is 2. The summed E-state index contributed by atoms with van der Waals surface area (Å²) in [5, 5.41) is -0.219. The van der Waals surface area contributed by atoms with Gasteiger partial charge in [-0.25, -0.2) is 0 Å². The molecule has 0 saturated carbocycles. The fourth-order valence-electron chi connectivity index (χ4n) is 3.64. The molecule has 177 valence electrons. The van der Waals surface area contributed by atoms with Crippen molar-refractivity contribution in [3.05, 3.63) is 95.6 Å². The molecule has 0 spiro atoms. The zero-order chi connectivity index (χ0) is 24.2. The van der Waals surface area contributed by atoms with Crippen molar-refractivity contribution in [3.8, 4) is 11.5 Å². The zero-order valence-electron chi connectivity index (χ0n) is 19.2. The Balaban J connectivity index is 1.94. The first-order chi connectivity index (χ1) is 16.6. The molecule has 0 saturated heterocycles. The van der Waals surface area contributed by atoms with E-state index in [1.165, 1.54) is 0 Å². The van der Waals surface area contributed by atoms with Gasteiger partial charge in [-0.1, -0.05) is 66.4 Å². The van der Waals surface area contributed by atoms with Gasteiger partial charge in [0.2, 0.25) is 11.4 Å². The van der Waals surface area contributed by atoms with Gasteiger partial charge in [0.1, 0.15) is 23.7 Å². The second-order valence-corrected chi connectivity index (χ2v) is 8.24. The highest BCUT2D eigenvalue weighted by atomic mass is 32.2. The Labute approximate surface area is 204 Å². The van der Waals surface area contributed by atoms with Gasteiger partial charge in [-0.15, -0.1) is 0 Å². The first-order valence-corrected chi connectivity index (χ1v) is 11.7. The summed E-state index contributed by atoms with van der Waals surface area (Å²) in [6, 6.07) is 25.4. The molecule has 0 heterocycles. The molecule has 0 aromatic heterocycles. The average Bonchev–Trinajstić information content (AvgIpc) is 2.90. The summed E-state index contributed by atoms with van der Waals surface area (Å²) in [6.45, 7) is 0.335. The van der Waals surface area contributed by atoms with Crippen LogP contribution in [0.5, 0.6) is 11.5 Å². The highest BCUT2D eigenvalue weighted by Crippen LogP contribution is 2.41. The summed E-state index contributed by atoms with van der Waals surface area (Å²) in [5.74, 6) is 1.49. The third-order valence-corrected chi connectivity index (χ3v) is 5.93. The lowest BCUT2D eigenvalue weighted by molar-refractivity contribution is -0.116. The summed E-state index contributed by atoms with van der Waals surface area (Å²) in [7, 11) is 3.26. The molecular formula is C27H27O6S. The number of ether oxygens (including phenoxy) is 4. The van der Waals surface area contributed by atoms with E-state index in [1.54, 1.807) is 20.5 Å². The van der Waals surface area contributed by atoms with Crippen molar-refractivity contribution in [1.29, 1.82) is 0 Å². The van der Waals surface area contributed by atoms with Crippen molar-refractivity contribution in [2.75, 3.05) is 39.8 Å². The van der Waals surface area contributed by atoms with Crippen LogP contribution in [0.1, 0.15) is 16.7 Å². The molecule has 0 fully saturated rings. The lowest BCUT2D eigenvalue weighted by atomic mass is 9.80. The number of thioether (sulfide) groups is 1. The number of methoxy groups -OCH3 is 2. The largest absolute Gasteiger partial charge is 0.497 e. The highest BCUT2D eigenvalue weighted by molar-refractivity contribution is 8.14. The maximum Gasteiger partial charge on any atom is 0.215 e. The molecular weight excluding hydrogens is 452 g/mol. The number of hydrogen-bond acceptors (Lipinski definition) is 7. The zero-order valence-corrected chi connectivity index (χ0v) is 20.0. The van der Waals surface area contributed by atoms with Gasteiger partial charge in [0.15, 0.2) is 0 Å². The third kappa shape index (κ3) is 6.26. The number of hydrogen-bond donors (Lipinski definition) is 0. The SMILES string of the molecule is COc1ccc(C(OCCOCC(=O)SC[C]=O)(c2ccccc2)c2ccc(OC)cc2)cc1. The molecule has 0 unspecified atom stereocenters. The average molecular weight is 480 g/mol. The minimum atomic E-state index is -0.936. The van der Waals surface area contributed by atoms with Crippen LogP contribution in [0.4, 0.5) is 0 Å². The lowest BCUT2D eigenvalue weighted by Gasteiger charge is -2.36.